The standard InChI is InChI=1S/C21H11Cl2F7N2O/c22-12-6-5-11(13(23)7-12)9-33-14-4-2-1-3-10(14)8-31-32-20-18(26)16(24)15(21(28,29)30)17(25)19(20)27/h1-8,32H,9H2/b31-8-. The van der Waals surface area contributed by atoms with Crippen molar-refractivity contribution in [2.75, 3.05) is 5.43 Å². The zero-order chi connectivity index (χ0) is 24.3. The van der Waals surface area contributed by atoms with E-state index in [1.165, 1.54) is 18.2 Å². The Morgan fingerprint density at radius 2 is 1.55 bits per heavy atom. The predicted octanol–water partition coefficient (Wildman–Crippen LogP) is 7.59. The second-order valence-corrected chi connectivity index (χ2v) is 7.28. The van der Waals surface area contributed by atoms with Gasteiger partial charge < -0.3 is 4.74 Å². The molecule has 0 aliphatic carbocycles. The van der Waals surface area contributed by atoms with Gasteiger partial charge in [0.05, 0.1) is 6.21 Å². The maximum atomic E-state index is 13.9. The maximum Gasteiger partial charge on any atom is 0.422 e. The lowest BCUT2D eigenvalue weighted by Gasteiger charge is -2.13. The second-order valence-electron chi connectivity index (χ2n) is 6.44. The summed E-state index contributed by atoms with van der Waals surface area (Å²) in [5, 5.41) is 4.24. The molecule has 0 aliphatic heterocycles. The molecule has 0 fully saturated rings. The van der Waals surface area contributed by atoms with E-state index in [4.69, 9.17) is 27.9 Å². The molecule has 0 spiro atoms. The average molecular weight is 511 g/mol. The molecule has 0 aromatic heterocycles. The molecule has 174 valence electrons. The number of ether oxygens (including phenoxy) is 1. The van der Waals surface area contributed by atoms with Gasteiger partial charge >= 0.3 is 6.18 Å². The van der Waals surface area contributed by atoms with E-state index >= 15 is 0 Å². The number of benzene rings is 3. The molecule has 0 saturated heterocycles. The van der Waals surface area contributed by atoms with Gasteiger partial charge in [0.25, 0.3) is 0 Å². The van der Waals surface area contributed by atoms with Crippen molar-refractivity contribution in [3.63, 3.8) is 0 Å². The van der Waals surface area contributed by atoms with Gasteiger partial charge in [0.1, 0.15) is 23.6 Å². The van der Waals surface area contributed by atoms with Crippen LogP contribution in [0, 0.1) is 23.3 Å². The Bertz CT molecular complexity index is 1190. The SMILES string of the molecule is Fc1c(F)c(C(F)(F)F)c(F)c(F)c1N/N=C\c1ccccc1OCc1ccc(Cl)cc1Cl. The quantitative estimate of drug-likeness (QED) is 0.160. The fourth-order valence-corrected chi connectivity index (χ4v) is 3.12. The molecule has 0 amide bonds. The number of para-hydroxylation sites is 1. The molecule has 3 aromatic rings. The number of anilines is 1. The number of hydrogen-bond donors (Lipinski definition) is 1. The summed E-state index contributed by atoms with van der Waals surface area (Å²) in [6, 6.07) is 11.0. The Labute approximate surface area is 192 Å². The van der Waals surface area contributed by atoms with Gasteiger partial charge in [0.15, 0.2) is 23.3 Å². The van der Waals surface area contributed by atoms with Gasteiger partial charge in [-0.15, -0.1) is 0 Å². The molecule has 0 radical (unpaired) electrons. The number of hydrogen-bond acceptors (Lipinski definition) is 3. The Hall–Kier alpha value is -2.98. The highest BCUT2D eigenvalue weighted by molar-refractivity contribution is 6.35. The zero-order valence-corrected chi connectivity index (χ0v) is 17.6. The minimum Gasteiger partial charge on any atom is -0.488 e. The first-order valence-electron chi connectivity index (χ1n) is 8.88. The number of rotatable bonds is 6. The monoisotopic (exact) mass is 510 g/mol. The van der Waals surface area contributed by atoms with Gasteiger partial charge in [-0.25, -0.2) is 17.6 Å². The van der Waals surface area contributed by atoms with Gasteiger partial charge in [-0.1, -0.05) is 41.4 Å². The molecule has 0 bridgehead atoms. The molecule has 12 heteroatoms. The molecule has 3 nitrogen and oxygen atoms in total. The van der Waals surface area contributed by atoms with Crippen LogP contribution in [0.15, 0.2) is 47.6 Å². The van der Waals surface area contributed by atoms with E-state index in [-0.39, 0.29) is 17.9 Å². The fraction of sp³-hybridized carbons (Fsp3) is 0.0952. The number of alkyl halides is 3. The third-order valence-corrected chi connectivity index (χ3v) is 4.83. The second kappa shape index (κ2) is 9.88. The lowest BCUT2D eigenvalue weighted by Crippen LogP contribution is -2.16. The predicted molar refractivity (Wildman–Crippen MR) is 110 cm³/mol. The largest absolute Gasteiger partial charge is 0.488 e. The third-order valence-electron chi connectivity index (χ3n) is 4.24. The van der Waals surface area contributed by atoms with Crippen molar-refractivity contribution in [3.05, 3.63) is 92.5 Å². The molecule has 0 saturated carbocycles. The van der Waals surface area contributed by atoms with Gasteiger partial charge in [-0.3, -0.25) is 5.43 Å². The van der Waals surface area contributed by atoms with E-state index < -0.39 is 40.7 Å². The van der Waals surface area contributed by atoms with E-state index in [9.17, 15) is 30.7 Å². The van der Waals surface area contributed by atoms with E-state index in [0.717, 1.165) is 6.21 Å². The molecule has 33 heavy (non-hydrogen) atoms. The van der Waals surface area contributed by atoms with Crippen LogP contribution in [0.4, 0.5) is 36.4 Å². The van der Waals surface area contributed by atoms with Crippen molar-refractivity contribution < 1.29 is 35.5 Å². The number of nitrogens with one attached hydrogen (secondary N) is 1. The highest BCUT2D eigenvalue weighted by Crippen LogP contribution is 2.38. The van der Waals surface area contributed by atoms with Crippen LogP contribution in [-0.4, -0.2) is 6.21 Å². The van der Waals surface area contributed by atoms with E-state index in [1.807, 2.05) is 0 Å². The van der Waals surface area contributed by atoms with Gasteiger partial charge in [0.2, 0.25) is 0 Å². The molecule has 0 aliphatic rings. The molecule has 3 aromatic carbocycles. The highest BCUT2D eigenvalue weighted by Gasteiger charge is 2.42. The number of halogens is 9. The zero-order valence-electron chi connectivity index (χ0n) is 16.1. The van der Waals surface area contributed by atoms with E-state index in [2.05, 4.69) is 5.10 Å². The van der Waals surface area contributed by atoms with Gasteiger partial charge in [-0.2, -0.15) is 18.3 Å². The first kappa shape index (κ1) is 24.7. The average Bonchev–Trinajstić information content (AvgIpc) is 2.74. The summed E-state index contributed by atoms with van der Waals surface area (Å²) in [6.07, 6.45) is -4.65. The Morgan fingerprint density at radius 3 is 2.15 bits per heavy atom. The first-order valence-corrected chi connectivity index (χ1v) is 9.64. The lowest BCUT2D eigenvalue weighted by atomic mass is 10.1. The summed E-state index contributed by atoms with van der Waals surface area (Å²) in [6.45, 7) is 0.0207. The van der Waals surface area contributed by atoms with Crippen LogP contribution in [0.2, 0.25) is 10.0 Å². The maximum absolute atomic E-state index is 13.9. The van der Waals surface area contributed by atoms with Crippen LogP contribution in [0.25, 0.3) is 0 Å². The van der Waals surface area contributed by atoms with Crippen LogP contribution >= 0.6 is 23.2 Å². The topological polar surface area (TPSA) is 33.6 Å². The Kier molecular flexibility index (Phi) is 7.38. The molecule has 0 heterocycles. The van der Waals surface area contributed by atoms with Crippen LogP contribution < -0.4 is 10.2 Å². The van der Waals surface area contributed by atoms with Crippen LogP contribution in [0.5, 0.6) is 5.75 Å². The normalized spacial score (nSPS) is 11.8. The smallest absolute Gasteiger partial charge is 0.422 e. The summed E-state index contributed by atoms with van der Waals surface area (Å²) < 4.78 is 98.9. The summed E-state index contributed by atoms with van der Waals surface area (Å²) in [5.74, 6) is -9.49. The first-order chi connectivity index (χ1) is 15.5. The fourth-order valence-electron chi connectivity index (χ4n) is 2.66. The number of nitrogens with zero attached hydrogens (tertiary/aromatic N) is 1. The van der Waals surface area contributed by atoms with Crippen molar-refractivity contribution >= 4 is 35.1 Å². The van der Waals surface area contributed by atoms with Crippen LogP contribution in [0.1, 0.15) is 16.7 Å². The van der Waals surface area contributed by atoms with Crippen molar-refractivity contribution in [2.24, 2.45) is 5.10 Å². The third kappa shape index (κ3) is 5.51. The van der Waals surface area contributed by atoms with Crippen molar-refractivity contribution in [1.29, 1.82) is 0 Å². The van der Waals surface area contributed by atoms with Crippen LogP contribution in [-0.2, 0) is 12.8 Å². The van der Waals surface area contributed by atoms with Gasteiger partial charge in [0, 0.05) is 21.2 Å². The van der Waals surface area contributed by atoms with E-state index in [0.29, 0.717) is 15.6 Å². The van der Waals surface area contributed by atoms with E-state index in [1.54, 1.807) is 29.7 Å². The molecule has 1 N–H and O–H groups in total. The molecular weight excluding hydrogens is 500 g/mol. The summed E-state index contributed by atoms with van der Waals surface area (Å²) in [4.78, 5) is 0. The lowest BCUT2D eigenvalue weighted by molar-refractivity contribution is -0.143. The van der Waals surface area contributed by atoms with Crippen molar-refractivity contribution in [3.8, 4) is 5.75 Å². The summed E-state index contributed by atoms with van der Waals surface area (Å²) in [7, 11) is 0. The Balaban J connectivity index is 1.82. The van der Waals surface area contributed by atoms with Gasteiger partial charge in [-0.05, 0) is 24.3 Å². The summed E-state index contributed by atoms with van der Waals surface area (Å²) >= 11 is 11.9. The molecular formula is C21H11Cl2F7N2O. The highest BCUT2D eigenvalue weighted by atomic mass is 35.5. The number of hydrazone groups is 1. The molecule has 3 rings (SSSR count). The van der Waals surface area contributed by atoms with Crippen molar-refractivity contribution in [2.45, 2.75) is 12.8 Å². The minimum absolute atomic E-state index is 0.0207. The summed E-state index contributed by atoms with van der Waals surface area (Å²) in [5.41, 5.74) is -1.64. The minimum atomic E-state index is -5.64. The van der Waals surface area contributed by atoms with Crippen molar-refractivity contribution in [1.82, 2.24) is 0 Å². The van der Waals surface area contributed by atoms with Crippen LogP contribution in [0.3, 0.4) is 0 Å². The molecule has 0 unspecified atom stereocenters. The Morgan fingerprint density at radius 1 is 0.909 bits per heavy atom. The molecule has 0 atom stereocenters.